The molecule has 1 fully saturated rings. The first-order valence-electron chi connectivity index (χ1n) is 8.41. The molecule has 0 spiro atoms. The van der Waals surface area contributed by atoms with Gasteiger partial charge in [0.25, 0.3) is 11.7 Å². The first kappa shape index (κ1) is 20.7. The lowest BCUT2D eigenvalue weighted by atomic mass is 10.2. The molecule has 2 aromatic rings. The minimum absolute atomic E-state index is 0.0139. The van der Waals surface area contributed by atoms with Crippen LogP contribution in [0.1, 0.15) is 10.4 Å². The fourth-order valence-corrected chi connectivity index (χ4v) is 4.82. The molecule has 1 heterocycles. The summed E-state index contributed by atoms with van der Waals surface area (Å²) in [7, 11) is -3.84. The summed E-state index contributed by atoms with van der Waals surface area (Å²) >= 11 is 0.403. The molecule has 3 rings (SSSR count). The maximum atomic E-state index is 12.9. The average Bonchev–Trinajstić information content (AvgIpc) is 2.70. The molecule has 0 atom stereocenters. The molecule has 0 unspecified atom stereocenters. The molecule has 2 aromatic carbocycles. The zero-order chi connectivity index (χ0) is 20.1. The molecule has 6 nitrogen and oxygen atoms in total. The van der Waals surface area contributed by atoms with Crippen molar-refractivity contribution in [2.24, 2.45) is 0 Å². The third-order valence-corrected chi connectivity index (χ3v) is 6.74. The molecular weight excluding hydrogens is 410 g/mol. The van der Waals surface area contributed by atoms with Crippen molar-refractivity contribution in [2.45, 2.75) is 15.5 Å². The van der Waals surface area contributed by atoms with E-state index in [1.165, 1.54) is 40.7 Å². The number of hydrogen-bond acceptors (Lipinski definition) is 5. The number of benzene rings is 2. The quantitative estimate of drug-likeness (QED) is 0.715. The van der Waals surface area contributed by atoms with Crippen molar-refractivity contribution >= 4 is 33.4 Å². The summed E-state index contributed by atoms with van der Waals surface area (Å²) in [5.41, 5.74) is 0.391. The molecule has 10 heteroatoms. The molecule has 0 saturated carbocycles. The van der Waals surface area contributed by atoms with Crippen molar-refractivity contribution in [3.8, 4) is 0 Å². The van der Waals surface area contributed by atoms with Gasteiger partial charge in [0, 0.05) is 23.7 Å². The van der Waals surface area contributed by atoms with Crippen molar-refractivity contribution in [3.63, 3.8) is 0 Å². The Kier molecular flexibility index (Phi) is 6.65. The molecule has 1 N–H and O–H groups in total. The Morgan fingerprint density at radius 2 is 1.71 bits per heavy atom. The van der Waals surface area contributed by atoms with Crippen LogP contribution in [-0.4, -0.2) is 50.7 Å². The summed E-state index contributed by atoms with van der Waals surface area (Å²) in [5, 5.41) is 2.61. The number of carbonyl (C=O) groups excluding carboxylic acids is 1. The highest BCUT2D eigenvalue weighted by atomic mass is 32.2. The SMILES string of the molecule is O=C(Nc1ccc(SC(F)F)cc1)c1ccccc1S(=O)(=O)N1CCOCC1. The standard InChI is InChI=1S/C18H18F2N2O4S2/c19-18(20)27-14-7-5-13(6-8-14)21-17(23)15-3-1-2-4-16(15)28(24,25)22-9-11-26-12-10-22/h1-8,18H,9-12H2,(H,21,23). The summed E-state index contributed by atoms with van der Waals surface area (Å²) in [6, 6.07) is 11.9. The fraction of sp³-hybridized carbons (Fsp3) is 0.278. The first-order chi connectivity index (χ1) is 13.4. The van der Waals surface area contributed by atoms with Gasteiger partial charge in [0.1, 0.15) is 0 Å². The van der Waals surface area contributed by atoms with E-state index in [9.17, 15) is 22.0 Å². The van der Waals surface area contributed by atoms with Crippen LogP contribution in [0.4, 0.5) is 14.5 Å². The van der Waals surface area contributed by atoms with E-state index in [0.29, 0.717) is 35.6 Å². The van der Waals surface area contributed by atoms with Gasteiger partial charge >= 0.3 is 0 Å². The number of sulfonamides is 1. The molecule has 0 bridgehead atoms. The van der Waals surface area contributed by atoms with E-state index >= 15 is 0 Å². The van der Waals surface area contributed by atoms with Crippen LogP contribution in [0, 0.1) is 0 Å². The highest BCUT2D eigenvalue weighted by Crippen LogP contribution is 2.27. The van der Waals surface area contributed by atoms with Gasteiger partial charge < -0.3 is 10.1 Å². The number of morpholine rings is 1. The maximum absolute atomic E-state index is 12.9. The van der Waals surface area contributed by atoms with E-state index in [2.05, 4.69) is 5.32 Å². The molecule has 28 heavy (non-hydrogen) atoms. The van der Waals surface area contributed by atoms with Gasteiger partial charge in [0.2, 0.25) is 10.0 Å². The molecule has 1 aliphatic rings. The number of rotatable bonds is 6. The van der Waals surface area contributed by atoms with E-state index in [4.69, 9.17) is 4.74 Å². The molecule has 1 saturated heterocycles. The minimum Gasteiger partial charge on any atom is -0.379 e. The van der Waals surface area contributed by atoms with Gasteiger partial charge in [-0.15, -0.1) is 0 Å². The number of nitrogens with one attached hydrogen (secondary N) is 1. The highest BCUT2D eigenvalue weighted by molar-refractivity contribution is 7.99. The van der Waals surface area contributed by atoms with E-state index in [1.807, 2.05) is 0 Å². The second kappa shape index (κ2) is 8.99. The number of carbonyl (C=O) groups is 1. The molecule has 150 valence electrons. The van der Waals surface area contributed by atoms with Gasteiger partial charge in [-0.2, -0.15) is 13.1 Å². The zero-order valence-electron chi connectivity index (χ0n) is 14.7. The van der Waals surface area contributed by atoms with Crippen LogP contribution >= 0.6 is 11.8 Å². The summed E-state index contributed by atoms with van der Waals surface area (Å²) in [6.07, 6.45) is 0. The molecule has 0 aromatic heterocycles. The van der Waals surface area contributed by atoms with Crippen LogP contribution in [0.25, 0.3) is 0 Å². The number of ether oxygens (including phenoxy) is 1. The number of alkyl halides is 2. The van der Waals surface area contributed by atoms with Crippen LogP contribution in [0.15, 0.2) is 58.3 Å². The Morgan fingerprint density at radius 1 is 1.07 bits per heavy atom. The van der Waals surface area contributed by atoms with Crippen molar-refractivity contribution < 1.29 is 26.7 Å². The third kappa shape index (κ3) is 4.88. The first-order valence-corrected chi connectivity index (χ1v) is 10.7. The molecule has 1 aliphatic heterocycles. The van der Waals surface area contributed by atoms with Crippen LogP contribution < -0.4 is 5.32 Å². The predicted octanol–water partition coefficient (Wildman–Crippen LogP) is 3.27. The van der Waals surface area contributed by atoms with Crippen LogP contribution in [0.3, 0.4) is 0 Å². The van der Waals surface area contributed by atoms with Crippen molar-refractivity contribution in [1.82, 2.24) is 4.31 Å². The molecule has 1 amide bonds. The van der Waals surface area contributed by atoms with Crippen molar-refractivity contribution in [2.75, 3.05) is 31.6 Å². The zero-order valence-corrected chi connectivity index (χ0v) is 16.3. The van der Waals surface area contributed by atoms with Gasteiger partial charge in [-0.3, -0.25) is 4.79 Å². The molecule has 0 radical (unpaired) electrons. The number of hydrogen-bond donors (Lipinski definition) is 1. The molecule has 0 aliphatic carbocycles. The fourth-order valence-electron chi connectivity index (χ4n) is 2.72. The lowest BCUT2D eigenvalue weighted by Crippen LogP contribution is -2.41. The molecular formula is C18H18F2N2O4S2. The third-order valence-electron chi connectivity index (χ3n) is 4.06. The maximum Gasteiger partial charge on any atom is 0.288 e. The van der Waals surface area contributed by atoms with E-state index in [-0.39, 0.29) is 23.5 Å². The van der Waals surface area contributed by atoms with Gasteiger partial charge in [-0.05, 0) is 36.4 Å². The van der Waals surface area contributed by atoms with E-state index in [1.54, 1.807) is 12.1 Å². The largest absolute Gasteiger partial charge is 0.379 e. The Bertz CT molecular complexity index is 931. The van der Waals surface area contributed by atoms with Crippen LogP contribution in [-0.2, 0) is 14.8 Å². The van der Waals surface area contributed by atoms with Gasteiger partial charge in [-0.1, -0.05) is 23.9 Å². The van der Waals surface area contributed by atoms with Crippen molar-refractivity contribution in [3.05, 3.63) is 54.1 Å². The highest BCUT2D eigenvalue weighted by Gasteiger charge is 2.30. The van der Waals surface area contributed by atoms with Crippen LogP contribution in [0.5, 0.6) is 0 Å². The second-order valence-corrected chi connectivity index (χ2v) is 8.84. The Morgan fingerprint density at radius 3 is 2.36 bits per heavy atom. The number of anilines is 1. The van der Waals surface area contributed by atoms with E-state index in [0.717, 1.165) is 0 Å². The smallest absolute Gasteiger partial charge is 0.288 e. The number of nitrogens with zero attached hydrogens (tertiary/aromatic N) is 1. The van der Waals surface area contributed by atoms with Gasteiger partial charge in [-0.25, -0.2) is 8.42 Å². The van der Waals surface area contributed by atoms with Crippen LogP contribution in [0.2, 0.25) is 0 Å². The number of halogens is 2. The Hall–Kier alpha value is -2.01. The summed E-state index contributed by atoms with van der Waals surface area (Å²) in [6.45, 7) is 1.05. The predicted molar refractivity (Wildman–Crippen MR) is 102 cm³/mol. The minimum atomic E-state index is -3.84. The summed E-state index contributed by atoms with van der Waals surface area (Å²) < 4.78 is 57.1. The second-order valence-electron chi connectivity index (χ2n) is 5.87. The lowest BCUT2D eigenvalue weighted by Gasteiger charge is -2.26. The monoisotopic (exact) mass is 428 g/mol. The Labute approximate surface area is 165 Å². The summed E-state index contributed by atoms with van der Waals surface area (Å²) in [4.78, 5) is 13.0. The van der Waals surface area contributed by atoms with Crippen molar-refractivity contribution in [1.29, 1.82) is 0 Å². The number of thioether (sulfide) groups is 1. The topological polar surface area (TPSA) is 75.7 Å². The normalized spacial score (nSPS) is 15.5. The lowest BCUT2D eigenvalue weighted by molar-refractivity contribution is 0.0730. The van der Waals surface area contributed by atoms with E-state index < -0.39 is 21.7 Å². The van der Waals surface area contributed by atoms with Gasteiger partial charge in [0.05, 0.1) is 23.7 Å². The number of amides is 1. The summed E-state index contributed by atoms with van der Waals surface area (Å²) in [5.74, 6) is -3.13. The Balaban J connectivity index is 1.81. The average molecular weight is 428 g/mol. The van der Waals surface area contributed by atoms with Gasteiger partial charge in [0.15, 0.2) is 0 Å².